The van der Waals surface area contributed by atoms with Crippen LogP contribution in [0.15, 0.2) is 36.7 Å². The summed E-state index contributed by atoms with van der Waals surface area (Å²) in [6, 6.07) is 10.3. The first-order valence-electron chi connectivity index (χ1n) is 5.46. The van der Waals surface area contributed by atoms with E-state index in [0.717, 1.165) is 18.8 Å². The fourth-order valence-electron chi connectivity index (χ4n) is 2.09. The van der Waals surface area contributed by atoms with E-state index in [0.29, 0.717) is 5.69 Å². The first kappa shape index (κ1) is 9.79. The molecule has 1 aliphatic heterocycles. The summed E-state index contributed by atoms with van der Waals surface area (Å²) in [6.45, 7) is 0.917. The van der Waals surface area contributed by atoms with E-state index >= 15 is 0 Å². The minimum Gasteiger partial charge on any atom is -0.325 e. The van der Waals surface area contributed by atoms with Gasteiger partial charge in [0.2, 0.25) is 0 Å². The van der Waals surface area contributed by atoms with E-state index in [-0.39, 0.29) is 0 Å². The molecule has 0 spiro atoms. The molecule has 1 aliphatic rings. The van der Waals surface area contributed by atoms with Gasteiger partial charge in [-0.05, 0) is 18.1 Å². The lowest BCUT2D eigenvalue weighted by molar-refractivity contribution is 0.961. The summed E-state index contributed by atoms with van der Waals surface area (Å²) in [7, 11) is 0. The number of hydrogen-bond acceptors (Lipinski definition) is 4. The maximum atomic E-state index is 8.69. The Morgan fingerprint density at radius 1 is 1.18 bits per heavy atom. The molecule has 1 aromatic carbocycles. The number of rotatable bonds is 1. The van der Waals surface area contributed by atoms with Gasteiger partial charge in [0.1, 0.15) is 6.07 Å². The van der Waals surface area contributed by atoms with Crippen molar-refractivity contribution in [3.8, 4) is 6.07 Å². The molecule has 0 fully saturated rings. The fourth-order valence-corrected chi connectivity index (χ4v) is 2.09. The van der Waals surface area contributed by atoms with Crippen molar-refractivity contribution in [1.82, 2.24) is 9.97 Å². The Balaban J connectivity index is 1.99. The van der Waals surface area contributed by atoms with Crippen molar-refractivity contribution < 1.29 is 0 Å². The summed E-state index contributed by atoms with van der Waals surface area (Å²) in [6.07, 6.45) is 4.19. The van der Waals surface area contributed by atoms with Crippen LogP contribution in [0.25, 0.3) is 0 Å². The summed E-state index contributed by atoms with van der Waals surface area (Å²) < 4.78 is 0. The molecule has 0 aliphatic carbocycles. The third-order valence-electron chi connectivity index (χ3n) is 2.92. The van der Waals surface area contributed by atoms with E-state index in [1.54, 1.807) is 6.20 Å². The summed E-state index contributed by atoms with van der Waals surface area (Å²) >= 11 is 0. The molecule has 17 heavy (non-hydrogen) atoms. The Morgan fingerprint density at radius 2 is 2.06 bits per heavy atom. The highest BCUT2D eigenvalue weighted by Gasteiger charge is 2.20. The Hall–Kier alpha value is -2.41. The van der Waals surface area contributed by atoms with Crippen molar-refractivity contribution in [3.63, 3.8) is 0 Å². The van der Waals surface area contributed by atoms with Gasteiger partial charge in [-0.3, -0.25) is 0 Å². The highest BCUT2D eigenvalue weighted by atomic mass is 15.2. The SMILES string of the molecule is N#Cc1cnc(N2CCc3ccccc32)cn1. The van der Waals surface area contributed by atoms with Crippen LogP contribution in [0.4, 0.5) is 11.5 Å². The van der Waals surface area contributed by atoms with Crippen molar-refractivity contribution in [2.75, 3.05) is 11.4 Å². The lowest BCUT2D eigenvalue weighted by Gasteiger charge is -2.17. The van der Waals surface area contributed by atoms with Crippen LogP contribution in [0.3, 0.4) is 0 Å². The second kappa shape index (κ2) is 3.87. The highest BCUT2D eigenvalue weighted by Crippen LogP contribution is 2.32. The van der Waals surface area contributed by atoms with Gasteiger partial charge in [0.15, 0.2) is 11.5 Å². The molecule has 0 bridgehead atoms. The third kappa shape index (κ3) is 1.62. The second-order valence-electron chi connectivity index (χ2n) is 3.90. The summed E-state index contributed by atoms with van der Waals surface area (Å²) in [4.78, 5) is 10.4. The second-order valence-corrected chi connectivity index (χ2v) is 3.90. The maximum Gasteiger partial charge on any atom is 0.158 e. The van der Waals surface area contributed by atoms with Crippen LogP contribution in [0, 0.1) is 11.3 Å². The van der Waals surface area contributed by atoms with Crippen molar-refractivity contribution in [2.24, 2.45) is 0 Å². The topological polar surface area (TPSA) is 52.8 Å². The van der Waals surface area contributed by atoms with Gasteiger partial charge in [-0.15, -0.1) is 0 Å². The van der Waals surface area contributed by atoms with E-state index < -0.39 is 0 Å². The van der Waals surface area contributed by atoms with Crippen LogP contribution in [0.1, 0.15) is 11.3 Å². The minimum atomic E-state index is 0.348. The number of hydrogen-bond donors (Lipinski definition) is 0. The summed E-state index contributed by atoms with van der Waals surface area (Å²) in [5.74, 6) is 0.800. The molecule has 0 saturated heterocycles. The van der Waals surface area contributed by atoms with Gasteiger partial charge in [-0.2, -0.15) is 5.26 Å². The molecule has 0 radical (unpaired) electrons. The van der Waals surface area contributed by atoms with Crippen LogP contribution in [-0.2, 0) is 6.42 Å². The Kier molecular flexibility index (Phi) is 2.23. The highest BCUT2D eigenvalue weighted by molar-refractivity contribution is 5.66. The molecule has 0 amide bonds. The number of aromatic nitrogens is 2. The smallest absolute Gasteiger partial charge is 0.158 e. The molecule has 1 aromatic heterocycles. The molecule has 0 unspecified atom stereocenters. The van der Waals surface area contributed by atoms with E-state index in [9.17, 15) is 0 Å². The lowest BCUT2D eigenvalue weighted by atomic mass is 10.2. The average molecular weight is 222 g/mol. The molecule has 2 aromatic rings. The molecular weight excluding hydrogens is 212 g/mol. The molecular formula is C13H10N4. The Labute approximate surface area is 99.2 Å². The zero-order valence-corrected chi connectivity index (χ0v) is 9.17. The van der Waals surface area contributed by atoms with E-state index in [1.807, 2.05) is 18.2 Å². The molecule has 2 heterocycles. The standard InChI is InChI=1S/C13H10N4/c14-7-11-8-16-13(9-15-11)17-6-5-10-3-1-2-4-12(10)17/h1-4,8-9H,5-6H2. The quantitative estimate of drug-likeness (QED) is 0.741. The normalized spacial score (nSPS) is 13.2. The number of nitriles is 1. The van der Waals surface area contributed by atoms with Gasteiger partial charge in [-0.25, -0.2) is 9.97 Å². The number of para-hydroxylation sites is 1. The zero-order valence-electron chi connectivity index (χ0n) is 9.17. The fraction of sp³-hybridized carbons (Fsp3) is 0.154. The number of nitrogens with zero attached hydrogens (tertiary/aromatic N) is 4. The molecule has 0 atom stereocenters. The summed E-state index contributed by atoms with van der Waals surface area (Å²) in [5, 5.41) is 8.69. The number of anilines is 2. The predicted molar refractivity (Wildman–Crippen MR) is 63.9 cm³/mol. The van der Waals surface area contributed by atoms with Gasteiger partial charge >= 0.3 is 0 Å². The number of fused-ring (bicyclic) bond motifs is 1. The van der Waals surface area contributed by atoms with Crippen LogP contribution in [-0.4, -0.2) is 16.5 Å². The van der Waals surface area contributed by atoms with Gasteiger partial charge in [0, 0.05) is 12.2 Å². The van der Waals surface area contributed by atoms with E-state index in [1.165, 1.54) is 17.4 Å². The Morgan fingerprint density at radius 3 is 2.82 bits per heavy atom. The monoisotopic (exact) mass is 222 g/mol. The molecule has 3 rings (SSSR count). The van der Waals surface area contributed by atoms with Crippen LogP contribution >= 0.6 is 0 Å². The first-order chi connectivity index (χ1) is 8.38. The van der Waals surface area contributed by atoms with Crippen LogP contribution in [0.2, 0.25) is 0 Å². The van der Waals surface area contributed by atoms with E-state index in [4.69, 9.17) is 5.26 Å². The van der Waals surface area contributed by atoms with Gasteiger partial charge in [0.05, 0.1) is 12.4 Å². The van der Waals surface area contributed by atoms with Crippen LogP contribution < -0.4 is 4.90 Å². The maximum absolute atomic E-state index is 8.69. The van der Waals surface area contributed by atoms with Crippen LogP contribution in [0.5, 0.6) is 0 Å². The van der Waals surface area contributed by atoms with Gasteiger partial charge < -0.3 is 4.90 Å². The summed E-state index contributed by atoms with van der Waals surface area (Å²) in [5.41, 5.74) is 2.87. The van der Waals surface area contributed by atoms with Gasteiger partial charge in [-0.1, -0.05) is 18.2 Å². The van der Waals surface area contributed by atoms with Crippen molar-refractivity contribution in [3.05, 3.63) is 47.9 Å². The largest absolute Gasteiger partial charge is 0.325 e. The van der Waals surface area contributed by atoms with Gasteiger partial charge in [0.25, 0.3) is 0 Å². The third-order valence-corrected chi connectivity index (χ3v) is 2.92. The molecule has 4 heteroatoms. The first-order valence-corrected chi connectivity index (χ1v) is 5.46. The molecule has 0 N–H and O–H groups in total. The predicted octanol–water partition coefficient (Wildman–Crippen LogP) is 2.04. The van der Waals surface area contributed by atoms with Crippen molar-refractivity contribution >= 4 is 11.5 Å². The molecule has 82 valence electrons. The molecule has 0 saturated carbocycles. The molecule has 4 nitrogen and oxygen atoms in total. The number of benzene rings is 1. The minimum absolute atomic E-state index is 0.348. The van der Waals surface area contributed by atoms with Crippen molar-refractivity contribution in [2.45, 2.75) is 6.42 Å². The zero-order chi connectivity index (χ0) is 11.7. The lowest BCUT2D eigenvalue weighted by Crippen LogP contribution is -2.15. The van der Waals surface area contributed by atoms with Crippen molar-refractivity contribution in [1.29, 1.82) is 5.26 Å². The Bertz CT molecular complexity index is 583. The van der Waals surface area contributed by atoms with E-state index in [2.05, 4.69) is 27.0 Å². The average Bonchev–Trinajstić information content (AvgIpc) is 2.83.